The van der Waals surface area contributed by atoms with Crippen molar-refractivity contribution in [3.8, 4) is 23.0 Å². The second-order valence-corrected chi connectivity index (χ2v) is 6.26. The van der Waals surface area contributed by atoms with Crippen LogP contribution in [0.25, 0.3) is 0 Å². The predicted molar refractivity (Wildman–Crippen MR) is 127 cm³/mol. The Kier molecular flexibility index (Phi) is 11.2. The Labute approximate surface area is 202 Å². The van der Waals surface area contributed by atoms with E-state index >= 15 is 0 Å². The van der Waals surface area contributed by atoms with Crippen molar-refractivity contribution < 1.29 is 32.1 Å². The van der Waals surface area contributed by atoms with Crippen molar-refractivity contribution in [1.82, 2.24) is 10.6 Å². The molecule has 0 aliphatic heterocycles. The maximum atomic E-state index is 12.8. The van der Waals surface area contributed by atoms with E-state index in [4.69, 9.17) is 18.9 Å². The molecule has 0 heterocycles. The molecule has 178 valence electrons. The molecule has 2 aromatic carbocycles. The molecule has 2 rings (SSSR count). The Bertz CT molecular complexity index is 870. The summed E-state index contributed by atoms with van der Waals surface area (Å²) in [7, 11) is 6.22. The standard InChI is InChI=1S/C21H26F3N3O4.HI/c1-25-20(26-8-9-31-16-7-5-6-15(12-16)21(22,23)24)27-13-14-10-17(28-2)19(30-4)18(11-14)29-3;/h5-7,10-12H,8-9,13H2,1-4H3,(H2,25,26,27);1H. The largest absolute Gasteiger partial charge is 0.493 e. The third-order valence-corrected chi connectivity index (χ3v) is 4.23. The summed E-state index contributed by atoms with van der Waals surface area (Å²) < 4.78 is 59.6. The quantitative estimate of drug-likeness (QED) is 0.205. The van der Waals surface area contributed by atoms with E-state index in [0.717, 1.165) is 17.7 Å². The van der Waals surface area contributed by atoms with Crippen LogP contribution in [0.15, 0.2) is 41.4 Å². The summed E-state index contributed by atoms with van der Waals surface area (Å²) in [6.07, 6.45) is -4.41. The molecule has 0 bridgehead atoms. The van der Waals surface area contributed by atoms with E-state index in [1.54, 1.807) is 21.3 Å². The van der Waals surface area contributed by atoms with E-state index in [2.05, 4.69) is 15.6 Å². The van der Waals surface area contributed by atoms with Gasteiger partial charge in [0.1, 0.15) is 12.4 Å². The fourth-order valence-electron chi connectivity index (χ4n) is 2.74. The predicted octanol–water partition coefficient (Wildman–Crippen LogP) is 4.09. The lowest BCUT2D eigenvalue weighted by Crippen LogP contribution is -2.38. The lowest BCUT2D eigenvalue weighted by Gasteiger charge is -2.16. The summed E-state index contributed by atoms with van der Waals surface area (Å²) in [6, 6.07) is 8.39. The van der Waals surface area contributed by atoms with Gasteiger partial charge in [-0.2, -0.15) is 13.2 Å². The van der Waals surface area contributed by atoms with Gasteiger partial charge in [-0.1, -0.05) is 6.07 Å². The highest BCUT2D eigenvalue weighted by Gasteiger charge is 2.30. The molecule has 0 atom stereocenters. The van der Waals surface area contributed by atoms with Crippen molar-refractivity contribution >= 4 is 29.9 Å². The van der Waals surface area contributed by atoms with Gasteiger partial charge in [0.2, 0.25) is 5.75 Å². The van der Waals surface area contributed by atoms with Crippen molar-refractivity contribution in [2.75, 3.05) is 41.5 Å². The second-order valence-electron chi connectivity index (χ2n) is 6.26. The molecule has 0 radical (unpaired) electrons. The summed E-state index contributed by atoms with van der Waals surface area (Å²) >= 11 is 0. The Morgan fingerprint density at radius 3 is 2.16 bits per heavy atom. The lowest BCUT2D eigenvalue weighted by atomic mass is 10.2. The molecule has 11 heteroatoms. The van der Waals surface area contributed by atoms with E-state index < -0.39 is 11.7 Å². The number of nitrogens with zero attached hydrogens (tertiary/aromatic N) is 1. The molecular formula is C21H27F3IN3O4. The van der Waals surface area contributed by atoms with Crippen molar-refractivity contribution in [3.05, 3.63) is 47.5 Å². The van der Waals surface area contributed by atoms with E-state index in [9.17, 15) is 13.2 Å². The molecule has 7 nitrogen and oxygen atoms in total. The first-order valence-electron chi connectivity index (χ1n) is 9.35. The Morgan fingerprint density at radius 1 is 0.969 bits per heavy atom. The van der Waals surface area contributed by atoms with Gasteiger partial charge in [0.15, 0.2) is 17.5 Å². The van der Waals surface area contributed by atoms with Crippen LogP contribution >= 0.6 is 24.0 Å². The minimum atomic E-state index is -4.41. The van der Waals surface area contributed by atoms with Crippen LogP contribution in [-0.2, 0) is 12.7 Å². The number of guanidine groups is 1. The van der Waals surface area contributed by atoms with Crippen LogP contribution in [-0.4, -0.2) is 47.5 Å². The fraction of sp³-hybridized carbons (Fsp3) is 0.381. The molecular weight excluding hydrogens is 542 g/mol. The van der Waals surface area contributed by atoms with Gasteiger partial charge in [-0.05, 0) is 35.9 Å². The zero-order valence-corrected chi connectivity index (χ0v) is 20.5. The summed E-state index contributed by atoms with van der Waals surface area (Å²) in [5.74, 6) is 2.23. The van der Waals surface area contributed by atoms with Crippen molar-refractivity contribution in [2.24, 2.45) is 4.99 Å². The van der Waals surface area contributed by atoms with Crippen molar-refractivity contribution in [2.45, 2.75) is 12.7 Å². The van der Waals surface area contributed by atoms with Crippen LogP contribution in [0, 0.1) is 0 Å². The van der Waals surface area contributed by atoms with Gasteiger partial charge in [-0.25, -0.2) is 0 Å². The highest BCUT2D eigenvalue weighted by atomic mass is 127. The number of methoxy groups -OCH3 is 3. The van der Waals surface area contributed by atoms with E-state index in [-0.39, 0.29) is 36.3 Å². The minimum absolute atomic E-state index is 0. The van der Waals surface area contributed by atoms with Crippen LogP contribution in [0.3, 0.4) is 0 Å². The molecule has 0 spiro atoms. The maximum absolute atomic E-state index is 12.8. The summed E-state index contributed by atoms with van der Waals surface area (Å²) in [5, 5.41) is 6.18. The molecule has 0 unspecified atom stereocenters. The number of halogens is 4. The minimum Gasteiger partial charge on any atom is -0.493 e. The van der Waals surface area contributed by atoms with Crippen molar-refractivity contribution in [3.63, 3.8) is 0 Å². The molecule has 0 amide bonds. The normalized spacial score (nSPS) is 11.3. The molecule has 0 aliphatic rings. The molecule has 32 heavy (non-hydrogen) atoms. The molecule has 0 fully saturated rings. The van der Waals surface area contributed by atoms with Gasteiger partial charge in [0.25, 0.3) is 0 Å². The Morgan fingerprint density at radius 2 is 1.62 bits per heavy atom. The molecule has 0 aliphatic carbocycles. The Balaban J connectivity index is 0.00000512. The maximum Gasteiger partial charge on any atom is 0.416 e. The lowest BCUT2D eigenvalue weighted by molar-refractivity contribution is -0.137. The summed E-state index contributed by atoms with van der Waals surface area (Å²) in [4.78, 5) is 4.12. The fourth-order valence-corrected chi connectivity index (χ4v) is 2.74. The average molecular weight is 569 g/mol. The number of hydrogen-bond donors (Lipinski definition) is 2. The van der Waals surface area contributed by atoms with Crippen LogP contribution < -0.4 is 29.6 Å². The zero-order chi connectivity index (χ0) is 22.9. The van der Waals surface area contributed by atoms with Gasteiger partial charge in [-0.15, -0.1) is 24.0 Å². The van der Waals surface area contributed by atoms with Gasteiger partial charge < -0.3 is 29.6 Å². The zero-order valence-electron chi connectivity index (χ0n) is 18.2. The number of aliphatic imine (C=N–C) groups is 1. The first-order valence-corrected chi connectivity index (χ1v) is 9.35. The SMILES string of the molecule is CN=C(NCCOc1cccc(C(F)(F)F)c1)NCc1cc(OC)c(OC)c(OC)c1.I. The number of rotatable bonds is 9. The van der Waals surface area contributed by atoms with Crippen molar-refractivity contribution in [1.29, 1.82) is 0 Å². The number of alkyl halides is 3. The highest BCUT2D eigenvalue weighted by Crippen LogP contribution is 2.38. The van der Waals surface area contributed by atoms with Crippen LogP contribution in [0.2, 0.25) is 0 Å². The highest BCUT2D eigenvalue weighted by molar-refractivity contribution is 14.0. The van der Waals surface area contributed by atoms with E-state index in [1.165, 1.54) is 19.2 Å². The van der Waals surface area contributed by atoms with Gasteiger partial charge in [-0.3, -0.25) is 4.99 Å². The summed E-state index contributed by atoms with van der Waals surface area (Å²) in [5.41, 5.74) is 0.124. The third kappa shape index (κ3) is 7.84. The third-order valence-electron chi connectivity index (χ3n) is 4.23. The van der Waals surface area contributed by atoms with E-state index in [1.807, 2.05) is 12.1 Å². The number of ether oxygens (including phenoxy) is 4. The molecule has 0 saturated carbocycles. The van der Waals surface area contributed by atoms with Gasteiger partial charge in [0, 0.05) is 13.6 Å². The molecule has 0 saturated heterocycles. The van der Waals surface area contributed by atoms with Gasteiger partial charge in [0.05, 0.1) is 33.4 Å². The number of benzene rings is 2. The van der Waals surface area contributed by atoms with Crippen LogP contribution in [0.1, 0.15) is 11.1 Å². The Hall–Kier alpha value is -2.57. The first kappa shape index (κ1) is 27.5. The van der Waals surface area contributed by atoms with Gasteiger partial charge >= 0.3 is 6.18 Å². The molecule has 2 N–H and O–H groups in total. The molecule has 0 aromatic heterocycles. The average Bonchev–Trinajstić information content (AvgIpc) is 2.77. The first-order chi connectivity index (χ1) is 14.8. The molecule has 2 aromatic rings. The van der Waals surface area contributed by atoms with E-state index in [0.29, 0.717) is 36.3 Å². The monoisotopic (exact) mass is 569 g/mol. The van der Waals surface area contributed by atoms with Crippen LogP contribution in [0.5, 0.6) is 23.0 Å². The van der Waals surface area contributed by atoms with Crippen LogP contribution in [0.4, 0.5) is 13.2 Å². The number of nitrogens with one attached hydrogen (secondary N) is 2. The second kappa shape index (κ2) is 13.1. The smallest absolute Gasteiger partial charge is 0.416 e. The number of hydrogen-bond acceptors (Lipinski definition) is 5. The summed E-state index contributed by atoms with van der Waals surface area (Å²) in [6.45, 7) is 0.919. The topological polar surface area (TPSA) is 73.3 Å².